The topological polar surface area (TPSA) is 29.3 Å². The van der Waals surface area contributed by atoms with Crippen LogP contribution in [0.4, 0.5) is 0 Å². The van der Waals surface area contributed by atoms with Gasteiger partial charge in [-0.1, -0.05) is 40.5 Å². The van der Waals surface area contributed by atoms with Crippen molar-refractivity contribution >= 4 is 0 Å². The maximum atomic E-state index is 5.95. The number of rotatable bonds is 5. The second kappa shape index (κ2) is 5.31. The molecule has 90 valence electrons. The Kier molecular flexibility index (Phi) is 4.60. The smallest absolute Gasteiger partial charge is 0.0246 e. The molecule has 0 spiro atoms. The lowest BCUT2D eigenvalue weighted by Crippen LogP contribution is -2.44. The Morgan fingerprint density at radius 1 is 1.27 bits per heavy atom. The molecule has 0 aromatic rings. The lowest BCUT2D eigenvalue weighted by Gasteiger charge is -2.33. The molecule has 1 fully saturated rings. The third-order valence-electron chi connectivity index (χ3n) is 4.01. The van der Waals surface area contributed by atoms with E-state index in [0.29, 0.717) is 11.5 Å². The largest absolute Gasteiger partial charge is 0.329 e. The Morgan fingerprint density at radius 3 is 2.20 bits per heavy atom. The van der Waals surface area contributed by atoms with Crippen LogP contribution in [0.1, 0.15) is 47.0 Å². The Balaban J connectivity index is 2.59. The molecule has 0 aromatic carbocycles. The van der Waals surface area contributed by atoms with Crippen LogP contribution in [0.15, 0.2) is 0 Å². The highest BCUT2D eigenvalue weighted by Crippen LogP contribution is 2.32. The van der Waals surface area contributed by atoms with Crippen LogP contribution >= 0.6 is 0 Å². The fourth-order valence-corrected chi connectivity index (χ4v) is 2.91. The average Bonchev–Trinajstić information content (AvgIpc) is 2.54. The van der Waals surface area contributed by atoms with Gasteiger partial charge in [-0.05, 0) is 24.3 Å². The molecule has 2 nitrogen and oxygen atoms in total. The van der Waals surface area contributed by atoms with Gasteiger partial charge in [-0.3, -0.25) is 4.90 Å². The van der Waals surface area contributed by atoms with E-state index in [9.17, 15) is 0 Å². The molecule has 1 atom stereocenters. The molecule has 1 aliphatic rings. The van der Waals surface area contributed by atoms with Crippen molar-refractivity contribution in [3.8, 4) is 0 Å². The predicted molar refractivity (Wildman–Crippen MR) is 66.9 cm³/mol. The van der Waals surface area contributed by atoms with Crippen molar-refractivity contribution in [1.29, 1.82) is 0 Å². The van der Waals surface area contributed by atoms with Gasteiger partial charge in [-0.2, -0.15) is 0 Å². The maximum Gasteiger partial charge on any atom is 0.0246 e. The summed E-state index contributed by atoms with van der Waals surface area (Å²) in [6.45, 7) is 12.6. The zero-order valence-corrected chi connectivity index (χ0v) is 10.9. The zero-order chi connectivity index (χ0) is 11.5. The van der Waals surface area contributed by atoms with Crippen LogP contribution in [0.3, 0.4) is 0 Å². The first-order valence-corrected chi connectivity index (χ1v) is 6.48. The van der Waals surface area contributed by atoms with Gasteiger partial charge in [0, 0.05) is 19.1 Å². The normalized spacial score (nSPS) is 23.6. The van der Waals surface area contributed by atoms with Gasteiger partial charge >= 0.3 is 0 Å². The van der Waals surface area contributed by atoms with Crippen LogP contribution in [0.2, 0.25) is 0 Å². The highest BCUT2D eigenvalue weighted by atomic mass is 15.2. The van der Waals surface area contributed by atoms with Crippen molar-refractivity contribution in [1.82, 2.24) is 4.90 Å². The molecule has 1 heterocycles. The molecule has 1 aliphatic heterocycles. The summed E-state index contributed by atoms with van der Waals surface area (Å²) in [5, 5.41) is 0. The standard InChI is InChI=1S/C13H28N2/c1-5-11(6-2)12(9-14)15-8-7-13(3,4)10-15/h11-12H,5-10,14H2,1-4H3. The Bertz CT molecular complexity index is 185. The fraction of sp³-hybridized carbons (Fsp3) is 1.00. The van der Waals surface area contributed by atoms with Crippen LogP contribution < -0.4 is 5.73 Å². The van der Waals surface area contributed by atoms with Crippen LogP contribution in [0.5, 0.6) is 0 Å². The van der Waals surface area contributed by atoms with Gasteiger partial charge in [0.05, 0.1) is 0 Å². The molecule has 0 amide bonds. The molecule has 0 radical (unpaired) electrons. The fourth-order valence-electron chi connectivity index (χ4n) is 2.91. The Hall–Kier alpha value is -0.0800. The molecule has 1 saturated heterocycles. The lowest BCUT2D eigenvalue weighted by atomic mass is 9.91. The van der Waals surface area contributed by atoms with E-state index >= 15 is 0 Å². The van der Waals surface area contributed by atoms with Gasteiger partial charge < -0.3 is 5.73 Å². The summed E-state index contributed by atoms with van der Waals surface area (Å²) in [6.07, 6.45) is 3.84. The molecular formula is C13H28N2. The third-order valence-corrected chi connectivity index (χ3v) is 4.01. The molecule has 2 heteroatoms. The van der Waals surface area contributed by atoms with Gasteiger partial charge in [-0.15, -0.1) is 0 Å². The van der Waals surface area contributed by atoms with Gasteiger partial charge in [0.2, 0.25) is 0 Å². The maximum absolute atomic E-state index is 5.95. The van der Waals surface area contributed by atoms with E-state index in [1.807, 2.05) is 0 Å². The van der Waals surface area contributed by atoms with Crippen molar-refractivity contribution in [2.45, 2.75) is 53.0 Å². The minimum absolute atomic E-state index is 0.499. The van der Waals surface area contributed by atoms with E-state index in [2.05, 4.69) is 32.6 Å². The summed E-state index contributed by atoms with van der Waals surface area (Å²) in [5.41, 5.74) is 6.45. The van der Waals surface area contributed by atoms with Crippen LogP contribution in [0, 0.1) is 11.3 Å². The van der Waals surface area contributed by atoms with E-state index in [1.54, 1.807) is 0 Å². The van der Waals surface area contributed by atoms with E-state index in [-0.39, 0.29) is 0 Å². The lowest BCUT2D eigenvalue weighted by molar-refractivity contribution is 0.156. The number of likely N-dealkylation sites (tertiary alicyclic amines) is 1. The van der Waals surface area contributed by atoms with E-state index < -0.39 is 0 Å². The third kappa shape index (κ3) is 3.18. The average molecular weight is 212 g/mol. The monoisotopic (exact) mass is 212 g/mol. The zero-order valence-electron chi connectivity index (χ0n) is 10.9. The molecule has 2 N–H and O–H groups in total. The minimum Gasteiger partial charge on any atom is -0.329 e. The molecule has 1 unspecified atom stereocenters. The Morgan fingerprint density at radius 2 is 1.87 bits per heavy atom. The first-order chi connectivity index (χ1) is 7.04. The van der Waals surface area contributed by atoms with Gasteiger partial charge in [-0.25, -0.2) is 0 Å². The molecular weight excluding hydrogens is 184 g/mol. The van der Waals surface area contributed by atoms with Gasteiger partial charge in [0.25, 0.3) is 0 Å². The summed E-state index contributed by atoms with van der Waals surface area (Å²) in [7, 11) is 0. The van der Waals surface area contributed by atoms with Gasteiger partial charge in [0.15, 0.2) is 0 Å². The second-order valence-electron chi connectivity index (χ2n) is 5.76. The summed E-state index contributed by atoms with van der Waals surface area (Å²) in [6, 6.07) is 0.613. The van der Waals surface area contributed by atoms with Crippen molar-refractivity contribution < 1.29 is 0 Å². The summed E-state index contributed by atoms with van der Waals surface area (Å²) in [5.74, 6) is 0.781. The van der Waals surface area contributed by atoms with E-state index in [0.717, 1.165) is 12.5 Å². The highest BCUT2D eigenvalue weighted by Gasteiger charge is 2.34. The SMILES string of the molecule is CCC(CC)C(CN)N1CCC(C)(C)C1. The van der Waals surface area contributed by atoms with Crippen molar-refractivity contribution in [3.63, 3.8) is 0 Å². The number of hydrogen-bond donors (Lipinski definition) is 1. The van der Waals surface area contributed by atoms with Crippen molar-refractivity contribution in [2.24, 2.45) is 17.1 Å². The second-order valence-corrected chi connectivity index (χ2v) is 5.76. The van der Waals surface area contributed by atoms with Crippen LogP contribution in [-0.2, 0) is 0 Å². The first kappa shape index (κ1) is 13.0. The molecule has 0 bridgehead atoms. The van der Waals surface area contributed by atoms with E-state index in [1.165, 1.54) is 32.4 Å². The molecule has 15 heavy (non-hydrogen) atoms. The predicted octanol–water partition coefficient (Wildman–Crippen LogP) is 2.48. The summed E-state index contributed by atoms with van der Waals surface area (Å²) in [4.78, 5) is 2.62. The van der Waals surface area contributed by atoms with Crippen molar-refractivity contribution in [2.75, 3.05) is 19.6 Å². The molecule has 0 saturated carbocycles. The highest BCUT2D eigenvalue weighted by molar-refractivity contribution is 4.89. The molecule has 1 rings (SSSR count). The first-order valence-electron chi connectivity index (χ1n) is 6.48. The number of hydrogen-bond acceptors (Lipinski definition) is 2. The molecule has 0 aliphatic carbocycles. The quantitative estimate of drug-likeness (QED) is 0.758. The van der Waals surface area contributed by atoms with Crippen LogP contribution in [-0.4, -0.2) is 30.6 Å². The van der Waals surface area contributed by atoms with Crippen molar-refractivity contribution in [3.05, 3.63) is 0 Å². The van der Waals surface area contributed by atoms with E-state index in [4.69, 9.17) is 5.73 Å². The summed E-state index contributed by atoms with van der Waals surface area (Å²) >= 11 is 0. The molecule has 0 aromatic heterocycles. The van der Waals surface area contributed by atoms with Gasteiger partial charge in [0.1, 0.15) is 0 Å². The Labute approximate surface area is 95.2 Å². The number of nitrogens with two attached hydrogens (primary N) is 1. The van der Waals surface area contributed by atoms with Crippen LogP contribution in [0.25, 0.3) is 0 Å². The number of nitrogens with zero attached hydrogens (tertiary/aromatic N) is 1. The minimum atomic E-state index is 0.499. The summed E-state index contributed by atoms with van der Waals surface area (Å²) < 4.78 is 0.